The highest BCUT2D eigenvalue weighted by Crippen LogP contribution is 2.12. The van der Waals surface area contributed by atoms with Crippen LogP contribution >= 0.6 is 0 Å². The summed E-state index contributed by atoms with van der Waals surface area (Å²) in [4.78, 5) is 8.36. The van der Waals surface area contributed by atoms with Gasteiger partial charge in [0.15, 0.2) is 0 Å². The molecule has 2 rings (SSSR count). The molecule has 2 aromatic rings. The highest BCUT2D eigenvalue weighted by atomic mass is 15.0. The minimum atomic E-state index is 0.662. The fourth-order valence-corrected chi connectivity index (χ4v) is 1.77. The number of rotatable bonds is 6. The van der Waals surface area contributed by atoms with E-state index in [4.69, 9.17) is 0 Å². The first-order chi connectivity index (χ1) is 8.88. The normalized spacial score (nSPS) is 10.3. The second-order valence-electron chi connectivity index (χ2n) is 4.32. The van der Waals surface area contributed by atoms with Gasteiger partial charge < -0.3 is 5.32 Å². The molecule has 1 aromatic carbocycles. The van der Waals surface area contributed by atoms with Crippen molar-refractivity contribution in [2.75, 3.05) is 5.32 Å². The Kier molecular flexibility index (Phi) is 4.70. The Balaban J connectivity index is 1.86. The number of hydrogen-bond acceptors (Lipinski definition) is 3. The minimum Gasteiger partial charge on any atom is -0.378 e. The van der Waals surface area contributed by atoms with Crippen LogP contribution in [0.5, 0.6) is 0 Å². The molecular formula is C15H19N3. The molecule has 0 radical (unpaired) electrons. The van der Waals surface area contributed by atoms with Gasteiger partial charge in [-0.3, -0.25) is 0 Å². The average Bonchev–Trinajstić information content (AvgIpc) is 2.45. The Morgan fingerprint density at radius 2 is 1.78 bits per heavy atom. The van der Waals surface area contributed by atoms with E-state index in [0.29, 0.717) is 6.54 Å². The van der Waals surface area contributed by atoms with Gasteiger partial charge in [-0.05, 0) is 36.6 Å². The quantitative estimate of drug-likeness (QED) is 0.842. The molecule has 0 saturated carbocycles. The van der Waals surface area contributed by atoms with E-state index < -0.39 is 0 Å². The van der Waals surface area contributed by atoms with Crippen LogP contribution in [0.2, 0.25) is 0 Å². The maximum absolute atomic E-state index is 4.18. The summed E-state index contributed by atoms with van der Waals surface area (Å²) in [6.07, 6.45) is 7.18. The van der Waals surface area contributed by atoms with E-state index >= 15 is 0 Å². The fourth-order valence-electron chi connectivity index (χ4n) is 1.77. The van der Waals surface area contributed by atoms with E-state index in [9.17, 15) is 0 Å². The van der Waals surface area contributed by atoms with Crippen molar-refractivity contribution < 1.29 is 0 Å². The van der Waals surface area contributed by atoms with Gasteiger partial charge in [0.25, 0.3) is 0 Å². The molecule has 0 saturated heterocycles. The van der Waals surface area contributed by atoms with Crippen molar-refractivity contribution >= 4 is 5.69 Å². The molecule has 1 heterocycles. The first-order valence-electron chi connectivity index (χ1n) is 6.47. The number of anilines is 1. The van der Waals surface area contributed by atoms with Gasteiger partial charge in [-0.25, -0.2) is 9.97 Å². The van der Waals surface area contributed by atoms with Gasteiger partial charge in [0.2, 0.25) is 0 Å². The van der Waals surface area contributed by atoms with Crippen molar-refractivity contribution in [2.24, 2.45) is 0 Å². The summed E-state index contributed by atoms with van der Waals surface area (Å²) in [5.41, 5.74) is 2.51. The van der Waals surface area contributed by atoms with E-state index in [1.165, 1.54) is 24.8 Å². The molecule has 0 aliphatic heterocycles. The first kappa shape index (κ1) is 12.6. The van der Waals surface area contributed by atoms with Crippen molar-refractivity contribution in [3.8, 4) is 0 Å². The Morgan fingerprint density at radius 1 is 1.06 bits per heavy atom. The summed E-state index contributed by atoms with van der Waals surface area (Å²) in [5, 5.41) is 3.32. The number of aryl methyl sites for hydroxylation is 1. The number of unbranched alkanes of at least 4 members (excludes halogenated alkanes) is 1. The monoisotopic (exact) mass is 241 g/mol. The number of nitrogens with zero attached hydrogens (tertiary/aromatic N) is 2. The molecule has 18 heavy (non-hydrogen) atoms. The summed E-state index contributed by atoms with van der Waals surface area (Å²) in [6, 6.07) is 10.4. The molecule has 0 spiro atoms. The van der Waals surface area contributed by atoms with Crippen LogP contribution in [-0.4, -0.2) is 9.97 Å². The van der Waals surface area contributed by atoms with Crippen molar-refractivity contribution in [1.29, 1.82) is 0 Å². The molecule has 3 heteroatoms. The predicted molar refractivity (Wildman–Crippen MR) is 74.4 cm³/mol. The van der Waals surface area contributed by atoms with Crippen LogP contribution in [0.4, 0.5) is 5.69 Å². The lowest BCUT2D eigenvalue weighted by Crippen LogP contribution is -2.03. The van der Waals surface area contributed by atoms with Crippen LogP contribution < -0.4 is 5.32 Å². The maximum Gasteiger partial charge on any atom is 0.147 e. The molecule has 0 atom stereocenters. The van der Waals surface area contributed by atoms with Crippen LogP contribution in [0.3, 0.4) is 0 Å². The highest BCUT2D eigenvalue weighted by molar-refractivity contribution is 5.44. The first-order valence-corrected chi connectivity index (χ1v) is 6.47. The molecule has 0 amide bonds. The summed E-state index contributed by atoms with van der Waals surface area (Å²) >= 11 is 0. The zero-order valence-electron chi connectivity index (χ0n) is 10.8. The summed E-state index contributed by atoms with van der Waals surface area (Å²) in [6.45, 7) is 2.88. The van der Waals surface area contributed by atoms with Gasteiger partial charge >= 0.3 is 0 Å². The molecule has 0 aliphatic rings. The van der Waals surface area contributed by atoms with Crippen molar-refractivity contribution in [3.05, 3.63) is 54.1 Å². The lowest BCUT2D eigenvalue weighted by molar-refractivity contribution is 0.795. The molecule has 0 bridgehead atoms. The Bertz CT molecular complexity index is 451. The Labute approximate surface area is 108 Å². The fraction of sp³-hybridized carbons (Fsp3) is 0.333. The molecule has 3 nitrogen and oxygen atoms in total. The molecular weight excluding hydrogens is 222 g/mol. The Hall–Kier alpha value is -1.90. The SMILES string of the molecule is CCCCc1ccc(NCc2ncccn2)cc1. The highest BCUT2D eigenvalue weighted by Gasteiger charge is 1.96. The lowest BCUT2D eigenvalue weighted by atomic mass is 10.1. The van der Waals surface area contributed by atoms with Gasteiger partial charge in [0.05, 0.1) is 6.54 Å². The van der Waals surface area contributed by atoms with Gasteiger partial charge in [0, 0.05) is 18.1 Å². The van der Waals surface area contributed by atoms with Crippen LogP contribution in [0.15, 0.2) is 42.7 Å². The number of benzene rings is 1. The number of aromatic nitrogens is 2. The largest absolute Gasteiger partial charge is 0.378 e. The molecule has 94 valence electrons. The van der Waals surface area contributed by atoms with Crippen molar-refractivity contribution in [3.63, 3.8) is 0 Å². The molecule has 0 fully saturated rings. The number of nitrogens with one attached hydrogen (secondary N) is 1. The van der Waals surface area contributed by atoms with Crippen LogP contribution in [0.1, 0.15) is 31.2 Å². The smallest absolute Gasteiger partial charge is 0.147 e. The topological polar surface area (TPSA) is 37.8 Å². The molecule has 0 unspecified atom stereocenters. The van der Waals surface area contributed by atoms with Crippen molar-refractivity contribution in [2.45, 2.75) is 32.7 Å². The third kappa shape index (κ3) is 3.84. The second kappa shape index (κ2) is 6.74. The van der Waals surface area contributed by atoms with Crippen LogP contribution in [-0.2, 0) is 13.0 Å². The van der Waals surface area contributed by atoms with E-state index in [0.717, 1.165) is 11.5 Å². The molecule has 0 aliphatic carbocycles. The van der Waals surface area contributed by atoms with E-state index in [2.05, 4.69) is 46.5 Å². The van der Waals surface area contributed by atoms with Crippen LogP contribution in [0.25, 0.3) is 0 Å². The van der Waals surface area contributed by atoms with Crippen LogP contribution in [0, 0.1) is 0 Å². The van der Waals surface area contributed by atoms with E-state index in [1.54, 1.807) is 12.4 Å². The summed E-state index contributed by atoms with van der Waals surface area (Å²) < 4.78 is 0. The van der Waals surface area contributed by atoms with Gasteiger partial charge in [-0.2, -0.15) is 0 Å². The zero-order valence-corrected chi connectivity index (χ0v) is 10.8. The Morgan fingerprint density at radius 3 is 2.44 bits per heavy atom. The number of hydrogen-bond donors (Lipinski definition) is 1. The van der Waals surface area contributed by atoms with Gasteiger partial charge in [0.1, 0.15) is 5.82 Å². The summed E-state index contributed by atoms with van der Waals surface area (Å²) in [7, 11) is 0. The third-order valence-electron chi connectivity index (χ3n) is 2.84. The lowest BCUT2D eigenvalue weighted by Gasteiger charge is -2.06. The van der Waals surface area contributed by atoms with Gasteiger partial charge in [-0.1, -0.05) is 25.5 Å². The maximum atomic E-state index is 4.18. The predicted octanol–water partition coefficient (Wildman–Crippen LogP) is 3.43. The average molecular weight is 241 g/mol. The summed E-state index contributed by atoms with van der Waals surface area (Å²) in [5.74, 6) is 0.813. The molecule has 1 N–H and O–H groups in total. The van der Waals surface area contributed by atoms with Crippen molar-refractivity contribution in [1.82, 2.24) is 9.97 Å². The molecule has 1 aromatic heterocycles. The third-order valence-corrected chi connectivity index (χ3v) is 2.84. The van der Waals surface area contributed by atoms with E-state index in [1.807, 2.05) is 6.07 Å². The standard InChI is InChI=1S/C15H19N3/c1-2-3-5-13-6-8-14(9-7-13)18-12-15-16-10-4-11-17-15/h4,6-11,18H,2-3,5,12H2,1H3. The van der Waals surface area contributed by atoms with E-state index in [-0.39, 0.29) is 0 Å². The zero-order chi connectivity index (χ0) is 12.6. The second-order valence-corrected chi connectivity index (χ2v) is 4.32. The van der Waals surface area contributed by atoms with Gasteiger partial charge in [-0.15, -0.1) is 0 Å². The minimum absolute atomic E-state index is 0.662.